The van der Waals surface area contributed by atoms with Crippen LogP contribution in [-0.2, 0) is 9.53 Å². The number of hydrogen-bond acceptors (Lipinski definition) is 6. The van der Waals surface area contributed by atoms with Crippen LogP contribution in [0.15, 0.2) is 18.2 Å². The Morgan fingerprint density at radius 3 is 2.59 bits per heavy atom. The average molecular weight is 310 g/mol. The van der Waals surface area contributed by atoms with E-state index in [9.17, 15) is 19.5 Å². The fraction of sp³-hybridized carbons (Fsp3) is 0.357. The molecular formula is C14H18N2O6. The molecule has 1 unspecified atom stereocenters. The van der Waals surface area contributed by atoms with Crippen LogP contribution in [0.4, 0.5) is 4.79 Å². The summed E-state index contributed by atoms with van der Waals surface area (Å²) in [4.78, 5) is 34.8. The summed E-state index contributed by atoms with van der Waals surface area (Å²) < 4.78 is 9.85. The van der Waals surface area contributed by atoms with Gasteiger partial charge in [-0.1, -0.05) is 0 Å². The molecule has 8 nitrogen and oxygen atoms in total. The minimum Gasteiger partial charge on any atom is -0.507 e. The third kappa shape index (κ3) is 4.65. The van der Waals surface area contributed by atoms with Gasteiger partial charge < -0.3 is 19.9 Å². The molecule has 0 bridgehead atoms. The molecule has 0 aliphatic rings. The Kier molecular flexibility index (Phi) is 6.18. The van der Waals surface area contributed by atoms with Crippen molar-refractivity contribution in [2.75, 3.05) is 13.7 Å². The van der Waals surface area contributed by atoms with Gasteiger partial charge in [0.2, 0.25) is 0 Å². The maximum atomic E-state index is 11.9. The van der Waals surface area contributed by atoms with Gasteiger partial charge in [0.25, 0.3) is 5.91 Å². The number of nitrogens with one attached hydrogen (secondary N) is 2. The molecule has 8 heteroatoms. The lowest BCUT2D eigenvalue weighted by Crippen LogP contribution is -2.44. The van der Waals surface area contributed by atoms with Gasteiger partial charge in [-0.15, -0.1) is 0 Å². The highest BCUT2D eigenvalue weighted by atomic mass is 16.5. The van der Waals surface area contributed by atoms with Gasteiger partial charge in [-0.3, -0.25) is 10.1 Å². The number of hydrogen-bond donors (Lipinski definition) is 3. The van der Waals surface area contributed by atoms with Crippen LogP contribution in [0.3, 0.4) is 0 Å². The third-order valence-electron chi connectivity index (χ3n) is 2.65. The van der Waals surface area contributed by atoms with E-state index >= 15 is 0 Å². The number of rotatable bonds is 5. The summed E-state index contributed by atoms with van der Waals surface area (Å²) in [5, 5.41) is 14.0. The van der Waals surface area contributed by atoms with Crippen molar-refractivity contribution >= 4 is 17.9 Å². The fourth-order valence-electron chi connectivity index (χ4n) is 1.50. The molecule has 3 N–H and O–H groups in total. The number of phenols is 1. The van der Waals surface area contributed by atoms with Crippen LogP contribution in [0.2, 0.25) is 0 Å². The highest BCUT2D eigenvalue weighted by Crippen LogP contribution is 2.23. The van der Waals surface area contributed by atoms with Crippen LogP contribution in [0.5, 0.6) is 11.5 Å². The smallest absolute Gasteiger partial charge is 0.342 e. The first kappa shape index (κ1) is 17.3. The van der Waals surface area contributed by atoms with E-state index < -0.39 is 24.0 Å². The Labute approximate surface area is 127 Å². The maximum Gasteiger partial charge on any atom is 0.342 e. The highest BCUT2D eigenvalue weighted by Gasteiger charge is 2.22. The Bertz CT molecular complexity index is 572. The average Bonchev–Trinajstić information content (AvgIpc) is 2.47. The lowest BCUT2D eigenvalue weighted by atomic mass is 10.2. The summed E-state index contributed by atoms with van der Waals surface area (Å²) in [5.41, 5.74) is -0.142. The molecule has 1 aromatic rings. The molecule has 120 valence electrons. The topological polar surface area (TPSA) is 114 Å². The monoisotopic (exact) mass is 310 g/mol. The van der Waals surface area contributed by atoms with Crippen molar-refractivity contribution in [3.8, 4) is 11.5 Å². The Balaban J connectivity index is 2.71. The van der Waals surface area contributed by atoms with Gasteiger partial charge >= 0.3 is 12.0 Å². The molecule has 1 aromatic carbocycles. The standard InChI is InChI=1S/C14H18N2O6/c1-4-15-14(20)16-12(18)8(2)22-13(19)10-7-9(21-3)5-6-11(10)17/h5-8,17H,4H2,1-3H3,(H2,15,16,18,20). The van der Waals surface area contributed by atoms with E-state index in [-0.39, 0.29) is 11.3 Å². The molecule has 1 rings (SSSR count). The Hall–Kier alpha value is -2.77. The third-order valence-corrected chi connectivity index (χ3v) is 2.65. The van der Waals surface area contributed by atoms with E-state index in [1.54, 1.807) is 6.92 Å². The zero-order valence-corrected chi connectivity index (χ0v) is 12.5. The summed E-state index contributed by atoms with van der Waals surface area (Å²) in [5.74, 6) is -1.64. The number of aromatic hydroxyl groups is 1. The lowest BCUT2D eigenvalue weighted by molar-refractivity contribution is -0.127. The van der Waals surface area contributed by atoms with Crippen LogP contribution >= 0.6 is 0 Å². The molecule has 0 radical (unpaired) electrons. The molecule has 0 heterocycles. The predicted octanol–water partition coefficient (Wildman–Crippen LogP) is 0.792. The molecule has 0 saturated carbocycles. The van der Waals surface area contributed by atoms with Gasteiger partial charge in [0.1, 0.15) is 17.1 Å². The largest absolute Gasteiger partial charge is 0.507 e. The number of phenolic OH excluding ortho intramolecular Hbond substituents is 1. The molecule has 0 spiro atoms. The van der Waals surface area contributed by atoms with E-state index in [0.717, 1.165) is 0 Å². The van der Waals surface area contributed by atoms with Crippen molar-refractivity contribution < 1.29 is 29.0 Å². The van der Waals surface area contributed by atoms with Crippen molar-refractivity contribution in [1.82, 2.24) is 10.6 Å². The van der Waals surface area contributed by atoms with E-state index in [4.69, 9.17) is 9.47 Å². The van der Waals surface area contributed by atoms with Crippen molar-refractivity contribution in [2.45, 2.75) is 20.0 Å². The van der Waals surface area contributed by atoms with E-state index in [1.165, 1.54) is 32.2 Å². The summed E-state index contributed by atoms with van der Waals surface area (Å²) in [6.07, 6.45) is -1.21. The van der Waals surface area contributed by atoms with E-state index in [1.807, 2.05) is 5.32 Å². The normalized spacial score (nSPS) is 11.2. The first-order valence-electron chi connectivity index (χ1n) is 6.55. The number of methoxy groups -OCH3 is 1. The summed E-state index contributed by atoms with van der Waals surface area (Å²) >= 11 is 0. The minimum absolute atomic E-state index is 0.142. The fourth-order valence-corrected chi connectivity index (χ4v) is 1.50. The molecule has 0 fully saturated rings. The van der Waals surface area contributed by atoms with Gasteiger partial charge in [-0.05, 0) is 32.0 Å². The zero-order chi connectivity index (χ0) is 16.7. The quantitative estimate of drug-likeness (QED) is 0.693. The molecular weight excluding hydrogens is 292 g/mol. The second-order valence-corrected chi connectivity index (χ2v) is 4.28. The summed E-state index contributed by atoms with van der Waals surface area (Å²) in [6.45, 7) is 3.35. The number of carbonyl (C=O) groups excluding carboxylic acids is 3. The van der Waals surface area contributed by atoms with Crippen LogP contribution in [0, 0.1) is 0 Å². The van der Waals surface area contributed by atoms with Crippen LogP contribution in [0.1, 0.15) is 24.2 Å². The number of esters is 1. The van der Waals surface area contributed by atoms with Gasteiger partial charge in [0, 0.05) is 6.54 Å². The van der Waals surface area contributed by atoms with Crippen molar-refractivity contribution in [2.24, 2.45) is 0 Å². The van der Waals surface area contributed by atoms with Gasteiger partial charge in [-0.2, -0.15) is 0 Å². The number of benzene rings is 1. The lowest BCUT2D eigenvalue weighted by Gasteiger charge is -2.14. The molecule has 0 aliphatic heterocycles. The van der Waals surface area contributed by atoms with Gasteiger partial charge in [-0.25, -0.2) is 9.59 Å². The van der Waals surface area contributed by atoms with Gasteiger partial charge in [0.05, 0.1) is 7.11 Å². The molecule has 1 atom stereocenters. The SMILES string of the molecule is CCNC(=O)NC(=O)C(C)OC(=O)c1cc(OC)ccc1O. The second-order valence-electron chi connectivity index (χ2n) is 4.28. The summed E-state index contributed by atoms with van der Waals surface area (Å²) in [7, 11) is 1.41. The predicted molar refractivity (Wildman–Crippen MR) is 76.8 cm³/mol. The van der Waals surface area contributed by atoms with Crippen molar-refractivity contribution in [1.29, 1.82) is 0 Å². The van der Waals surface area contributed by atoms with Crippen molar-refractivity contribution in [3.63, 3.8) is 0 Å². The first-order valence-corrected chi connectivity index (χ1v) is 6.55. The Morgan fingerprint density at radius 1 is 1.32 bits per heavy atom. The maximum absolute atomic E-state index is 11.9. The number of ether oxygens (including phenoxy) is 2. The number of carbonyl (C=O) groups is 3. The molecule has 22 heavy (non-hydrogen) atoms. The highest BCUT2D eigenvalue weighted by molar-refractivity contribution is 5.99. The van der Waals surface area contributed by atoms with Gasteiger partial charge in [0.15, 0.2) is 6.10 Å². The molecule has 0 aliphatic carbocycles. The van der Waals surface area contributed by atoms with Crippen LogP contribution in [-0.4, -0.2) is 42.8 Å². The summed E-state index contributed by atoms with van der Waals surface area (Å²) in [6, 6.07) is 3.35. The molecule has 0 aromatic heterocycles. The molecule has 3 amide bonds. The van der Waals surface area contributed by atoms with Crippen LogP contribution in [0.25, 0.3) is 0 Å². The first-order chi connectivity index (χ1) is 10.4. The number of urea groups is 1. The molecule has 0 saturated heterocycles. The van der Waals surface area contributed by atoms with E-state index in [2.05, 4.69) is 5.32 Å². The number of amides is 3. The second kappa shape index (κ2) is 7.87. The Morgan fingerprint density at radius 2 is 2.00 bits per heavy atom. The van der Waals surface area contributed by atoms with E-state index in [0.29, 0.717) is 12.3 Å². The van der Waals surface area contributed by atoms with Crippen LogP contribution < -0.4 is 15.4 Å². The minimum atomic E-state index is -1.21. The zero-order valence-electron chi connectivity index (χ0n) is 12.5. The van der Waals surface area contributed by atoms with Crippen molar-refractivity contribution in [3.05, 3.63) is 23.8 Å². The number of imide groups is 1.